The minimum atomic E-state index is -0.526. The molecule has 0 aromatic heterocycles. The number of amidine groups is 1. The maximum atomic E-state index is 13.1. The van der Waals surface area contributed by atoms with Crippen molar-refractivity contribution < 1.29 is 14.3 Å². The standard InChI is InChI=1S/C31H41N3O3/c1-24-9-5-8-14-29(24)37-30(28(35)13-7-6-12-25-10-3-2-4-11-25)20-22-36-27-17-15-26(16-18-27)19-21-34-23-31(32)33/h3,5,8-11,14-18,30,34H,2,4,6-7,12-13,19-23H2,1H3,(H3,32,33). The van der Waals surface area contributed by atoms with Gasteiger partial charge < -0.3 is 20.5 Å². The molecule has 1 aliphatic carbocycles. The molecule has 0 radical (unpaired) electrons. The molecule has 0 fully saturated rings. The van der Waals surface area contributed by atoms with Gasteiger partial charge in [0, 0.05) is 12.8 Å². The highest BCUT2D eigenvalue weighted by Gasteiger charge is 2.21. The molecule has 37 heavy (non-hydrogen) atoms. The van der Waals surface area contributed by atoms with E-state index < -0.39 is 6.10 Å². The Morgan fingerprint density at radius 3 is 2.62 bits per heavy atom. The first-order chi connectivity index (χ1) is 18.0. The third kappa shape index (κ3) is 10.6. The zero-order chi connectivity index (χ0) is 26.3. The van der Waals surface area contributed by atoms with E-state index in [9.17, 15) is 4.79 Å². The lowest BCUT2D eigenvalue weighted by Crippen LogP contribution is -2.29. The van der Waals surface area contributed by atoms with Gasteiger partial charge in [-0.3, -0.25) is 10.2 Å². The first kappa shape index (κ1) is 28.2. The van der Waals surface area contributed by atoms with Gasteiger partial charge >= 0.3 is 0 Å². The van der Waals surface area contributed by atoms with Gasteiger partial charge in [0.1, 0.15) is 17.3 Å². The number of carbonyl (C=O) groups excluding carboxylic acids is 1. The Morgan fingerprint density at radius 1 is 1.08 bits per heavy atom. The summed E-state index contributed by atoms with van der Waals surface area (Å²) in [6, 6.07) is 15.8. The Balaban J connectivity index is 1.47. The van der Waals surface area contributed by atoms with Crippen molar-refractivity contribution in [2.24, 2.45) is 5.73 Å². The summed E-state index contributed by atoms with van der Waals surface area (Å²) in [6.07, 6.45) is 13.2. The molecule has 2 aromatic carbocycles. The number of nitrogens with one attached hydrogen (secondary N) is 2. The predicted molar refractivity (Wildman–Crippen MR) is 151 cm³/mol. The van der Waals surface area contributed by atoms with Crippen molar-refractivity contribution >= 4 is 11.6 Å². The van der Waals surface area contributed by atoms with Crippen molar-refractivity contribution in [2.45, 2.75) is 64.4 Å². The van der Waals surface area contributed by atoms with E-state index in [0.717, 1.165) is 62.1 Å². The largest absolute Gasteiger partial charge is 0.493 e. The summed E-state index contributed by atoms with van der Waals surface area (Å²) in [7, 11) is 0. The average molecular weight is 504 g/mol. The van der Waals surface area contributed by atoms with Crippen LogP contribution in [0.4, 0.5) is 0 Å². The molecule has 0 bridgehead atoms. The van der Waals surface area contributed by atoms with Crippen LogP contribution in [0.1, 0.15) is 56.1 Å². The third-order valence-electron chi connectivity index (χ3n) is 6.41. The molecule has 3 rings (SSSR count). The van der Waals surface area contributed by atoms with Crippen molar-refractivity contribution in [2.75, 3.05) is 19.7 Å². The number of aryl methyl sites for hydroxylation is 1. The predicted octanol–water partition coefficient (Wildman–Crippen LogP) is 5.69. The van der Waals surface area contributed by atoms with E-state index in [1.807, 2.05) is 55.5 Å². The number of carbonyl (C=O) groups is 1. The molecule has 1 aliphatic rings. The molecule has 0 spiro atoms. The Labute approximate surface area is 221 Å². The van der Waals surface area contributed by atoms with Crippen molar-refractivity contribution in [3.8, 4) is 11.5 Å². The van der Waals surface area contributed by atoms with E-state index in [-0.39, 0.29) is 11.6 Å². The first-order valence-electron chi connectivity index (χ1n) is 13.4. The number of Topliss-reactive ketones (excluding diaryl/α,β-unsaturated/α-hetero) is 1. The normalized spacial score (nSPS) is 13.6. The van der Waals surface area contributed by atoms with Gasteiger partial charge in [-0.05, 0) is 81.3 Å². The summed E-state index contributed by atoms with van der Waals surface area (Å²) in [6.45, 7) is 3.56. The van der Waals surface area contributed by atoms with Crippen LogP contribution in [0.15, 0.2) is 72.3 Å². The van der Waals surface area contributed by atoms with Crippen LogP contribution in [-0.2, 0) is 11.2 Å². The molecule has 4 N–H and O–H groups in total. The minimum Gasteiger partial charge on any atom is -0.493 e. The lowest BCUT2D eigenvalue weighted by atomic mass is 9.99. The van der Waals surface area contributed by atoms with Gasteiger partial charge in [-0.15, -0.1) is 0 Å². The van der Waals surface area contributed by atoms with Crippen molar-refractivity contribution in [3.05, 3.63) is 83.5 Å². The number of unbranched alkanes of at least 4 members (excludes halogenated alkanes) is 1. The Kier molecular flexibility index (Phi) is 11.9. The summed E-state index contributed by atoms with van der Waals surface area (Å²) in [4.78, 5) is 13.1. The van der Waals surface area contributed by atoms with Crippen LogP contribution < -0.4 is 20.5 Å². The van der Waals surface area contributed by atoms with Crippen LogP contribution >= 0.6 is 0 Å². The van der Waals surface area contributed by atoms with Crippen molar-refractivity contribution in [3.63, 3.8) is 0 Å². The number of nitrogens with two attached hydrogens (primary N) is 1. The Bertz CT molecular complexity index is 1060. The maximum Gasteiger partial charge on any atom is 0.173 e. The quantitative estimate of drug-likeness (QED) is 0.146. The minimum absolute atomic E-state index is 0.133. The number of ketones is 1. The Hall–Kier alpha value is -3.38. The zero-order valence-corrected chi connectivity index (χ0v) is 22.0. The average Bonchev–Trinajstić information content (AvgIpc) is 2.91. The van der Waals surface area contributed by atoms with E-state index in [4.69, 9.17) is 20.6 Å². The topological polar surface area (TPSA) is 97.4 Å². The number of hydrogen-bond acceptors (Lipinski definition) is 5. The summed E-state index contributed by atoms with van der Waals surface area (Å²) < 4.78 is 12.2. The highest BCUT2D eigenvalue weighted by Crippen LogP contribution is 2.22. The smallest absolute Gasteiger partial charge is 0.173 e. The fraction of sp³-hybridized carbons (Fsp3) is 0.419. The molecule has 0 saturated carbocycles. The second-order valence-corrected chi connectivity index (χ2v) is 9.54. The highest BCUT2D eigenvalue weighted by molar-refractivity contribution is 5.83. The number of allylic oxidation sites excluding steroid dienone is 4. The molecule has 2 aromatic rings. The number of para-hydroxylation sites is 1. The van der Waals surface area contributed by atoms with Gasteiger partial charge in [0.05, 0.1) is 13.2 Å². The first-order valence-corrected chi connectivity index (χ1v) is 13.4. The van der Waals surface area contributed by atoms with Gasteiger partial charge in [-0.2, -0.15) is 0 Å². The van der Waals surface area contributed by atoms with Crippen molar-refractivity contribution in [1.29, 1.82) is 5.41 Å². The van der Waals surface area contributed by atoms with E-state index in [0.29, 0.717) is 26.0 Å². The third-order valence-corrected chi connectivity index (χ3v) is 6.41. The second kappa shape index (κ2) is 15.7. The summed E-state index contributed by atoms with van der Waals surface area (Å²) in [5.41, 5.74) is 8.94. The van der Waals surface area contributed by atoms with E-state index in [2.05, 4.69) is 23.5 Å². The van der Waals surface area contributed by atoms with Crippen LogP contribution in [0.3, 0.4) is 0 Å². The van der Waals surface area contributed by atoms with Gasteiger partial charge in [-0.25, -0.2) is 0 Å². The number of hydrogen-bond donors (Lipinski definition) is 3. The molecule has 1 unspecified atom stereocenters. The molecular formula is C31H41N3O3. The summed E-state index contributed by atoms with van der Waals surface area (Å²) in [5, 5.41) is 10.4. The van der Waals surface area contributed by atoms with Crippen LogP contribution in [0, 0.1) is 12.3 Å². The van der Waals surface area contributed by atoms with Crippen LogP contribution in [-0.4, -0.2) is 37.4 Å². The van der Waals surface area contributed by atoms with Crippen LogP contribution in [0.5, 0.6) is 11.5 Å². The van der Waals surface area contributed by atoms with E-state index >= 15 is 0 Å². The van der Waals surface area contributed by atoms with Crippen LogP contribution in [0.25, 0.3) is 0 Å². The lowest BCUT2D eigenvalue weighted by molar-refractivity contribution is -0.126. The van der Waals surface area contributed by atoms with Gasteiger partial charge in [0.15, 0.2) is 11.9 Å². The number of rotatable bonds is 17. The van der Waals surface area contributed by atoms with Gasteiger partial charge in [0.25, 0.3) is 0 Å². The fourth-order valence-electron chi connectivity index (χ4n) is 4.26. The van der Waals surface area contributed by atoms with E-state index in [1.54, 1.807) is 0 Å². The lowest BCUT2D eigenvalue weighted by Gasteiger charge is -2.20. The SMILES string of the molecule is Cc1ccccc1OC(CCOc1ccc(CCNCC(=N)N)cc1)C(=O)CCCCC1=CCCC=C1. The molecule has 6 heteroatoms. The molecule has 0 saturated heterocycles. The Morgan fingerprint density at radius 2 is 1.89 bits per heavy atom. The van der Waals surface area contributed by atoms with E-state index in [1.165, 1.54) is 11.1 Å². The molecular weight excluding hydrogens is 462 g/mol. The monoisotopic (exact) mass is 503 g/mol. The molecule has 0 heterocycles. The number of benzene rings is 2. The molecule has 1 atom stereocenters. The highest BCUT2D eigenvalue weighted by atomic mass is 16.5. The summed E-state index contributed by atoms with van der Waals surface area (Å²) >= 11 is 0. The van der Waals surface area contributed by atoms with Gasteiger partial charge in [0.2, 0.25) is 0 Å². The fourth-order valence-corrected chi connectivity index (χ4v) is 4.26. The van der Waals surface area contributed by atoms with Gasteiger partial charge in [-0.1, -0.05) is 54.1 Å². The van der Waals surface area contributed by atoms with Crippen molar-refractivity contribution in [1.82, 2.24) is 5.32 Å². The number of ether oxygens (including phenoxy) is 2. The zero-order valence-electron chi connectivity index (χ0n) is 22.0. The summed E-state index contributed by atoms with van der Waals surface area (Å²) in [5.74, 6) is 1.80. The maximum absolute atomic E-state index is 13.1. The molecule has 0 amide bonds. The molecule has 6 nitrogen and oxygen atoms in total. The molecule has 198 valence electrons. The second-order valence-electron chi connectivity index (χ2n) is 9.54. The molecule has 0 aliphatic heterocycles. The van der Waals surface area contributed by atoms with Crippen LogP contribution in [0.2, 0.25) is 0 Å².